The van der Waals surface area contributed by atoms with Gasteiger partial charge in [-0.25, -0.2) is 0 Å². The van der Waals surface area contributed by atoms with E-state index < -0.39 is 17.7 Å². The molecule has 1 heterocycles. The van der Waals surface area contributed by atoms with Crippen LogP contribution in [0.4, 0.5) is 5.69 Å². The van der Waals surface area contributed by atoms with E-state index in [9.17, 15) is 14.7 Å². The minimum atomic E-state index is -0.852. The largest absolute Gasteiger partial charge is 0.507 e. The number of unbranched alkanes of at least 4 members (excludes halogenated alkanes) is 2. The number of aliphatic hydroxyl groups excluding tert-OH is 1. The summed E-state index contributed by atoms with van der Waals surface area (Å²) in [7, 11) is 1.54. The first kappa shape index (κ1) is 27.8. The van der Waals surface area contributed by atoms with Crippen molar-refractivity contribution in [1.29, 1.82) is 0 Å². The zero-order chi connectivity index (χ0) is 27.9. The van der Waals surface area contributed by atoms with Gasteiger partial charge in [0.25, 0.3) is 11.7 Å². The van der Waals surface area contributed by atoms with Crippen molar-refractivity contribution in [1.82, 2.24) is 0 Å². The molecule has 0 spiro atoms. The molecular formula is C32H35NO6. The van der Waals surface area contributed by atoms with Gasteiger partial charge in [0.2, 0.25) is 0 Å². The lowest BCUT2D eigenvalue weighted by molar-refractivity contribution is -0.132. The van der Waals surface area contributed by atoms with Gasteiger partial charge in [0.05, 0.1) is 31.4 Å². The smallest absolute Gasteiger partial charge is 0.300 e. The summed E-state index contributed by atoms with van der Waals surface area (Å²) in [5.74, 6) is 0.154. The van der Waals surface area contributed by atoms with Crippen molar-refractivity contribution in [3.05, 3.63) is 89.5 Å². The number of ether oxygens (including phenoxy) is 3. The van der Waals surface area contributed by atoms with Crippen molar-refractivity contribution in [3.63, 3.8) is 0 Å². The Kier molecular flexibility index (Phi) is 8.92. The molecule has 0 saturated carbocycles. The quantitative estimate of drug-likeness (QED) is 0.129. The Morgan fingerprint density at radius 1 is 0.923 bits per heavy atom. The molecule has 1 saturated heterocycles. The number of rotatable bonds is 11. The summed E-state index contributed by atoms with van der Waals surface area (Å²) in [5, 5.41) is 11.4. The van der Waals surface area contributed by atoms with Crippen LogP contribution < -0.4 is 19.1 Å². The molecule has 7 nitrogen and oxygen atoms in total. The highest BCUT2D eigenvalue weighted by Gasteiger charge is 2.47. The highest BCUT2D eigenvalue weighted by Crippen LogP contribution is 2.43. The van der Waals surface area contributed by atoms with Gasteiger partial charge in [-0.2, -0.15) is 0 Å². The van der Waals surface area contributed by atoms with Crippen LogP contribution in [0.5, 0.6) is 17.2 Å². The summed E-state index contributed by atoms with van der Waals surface area (Å²) in [6, 6.07) is 20.2. The van der Waals surface area contributed by atoms with Gasteiger partial charge in [-0.1, -0.05) is 38.0 Å². The van der Waals surface area contributed by atoms with Crippen LogP contribution in [0.3, 0.4) is 0 Å². The monoisotopic (exact) mass is 529 g/mol. The van der Waals surface area contributed by atoms with Crippen LogP contribution in [0.1, 0.15) is 57.2 Å². The van der Waals surface area contributed by atoms with Gasteiger partial charge in [0.1, 0.15) is 23.0 Å². The predicted molar refractivity (Wildman–Crippen MR) is 151 cm³/mol. The van der Waals surface area contributed by atoms with Crippen LogP contribution in [0.25, 0.3) is 5.76 Å². The third-order valence-corrected chi connectivity index (χ3v) is 6.49. The fraction of sp³-hybridized carbons (Fsp3) is 0.312. The van der Waals surface area contributed by atoms with Gasteiger partial charge in [0, 0.05) is 17.3 Å². The topological polar surface area (TPSA) is 85.3 Å². The second-order valence-electron chi connectivity index (χ2n) is 9.69. The molecule has 1 N–H and O–H groups in total. The minimum absolute atomic E-state index is 0.00290. The molecule has 3 aromatic rings. The lowest BCUT2D eigenvalue weighted by Gasteiger charge is -2.26. The van der Waals surface area contributed by atoms with Crippen molar-refractivity contribution in [3.8, 4) is 17.2 Å². The van der Waals surface area contributed by atoms with Crippen LogP contribution in [0.15, 0.2) is 78.4 Å². The van der Waals surface area contributed by atoms with Crippen LogP contribution in [0.2, 0.25) is 0 Å². The Hall–Kier alpha value is -4.26. The maximum Gasteiger partial charge on any atom is 0.300 e. The molecule has 0 bridgehead atoms. The summed E-state index contributed by atoms with van der Waals surface area (Å²) in [4.78, 5) is 28.3. The average Bonchev–Trinajstić information content (AvgIpc) is 3.21. The molecule has 39 heavy (non-hydrogen) atoms. The summed E-state index contributed by atoms with van der Waals surface area (Å²) >= 11 is 0. The van der Waals surface area contributed by atoms with E-state index in [1.54, 1.807) is 60.7 Å². The number of ketones is 1. The lowest BCUT2D eigenvalue weighted by atomic mass is 9.95. The maximum atomic E-state index is 13.4. The number of hydrogen-bond acceptors (Lipinski definition) is 6. The number of aliphatic hydroxyl groups is 1. The molecule has 1 aliphatic heterocycles. The van der Waals surface area contributed by atoms with E-state index in [4.69, 9.17) is 14.2 Å². The highest BCUT2D eigenvalue weighted by atomic mass is 16.5. The standard InChI is InChI=1S/C32H35NO6/c1-5-6-7-19-38-25-15-13-23(14-16-25)30(34)28-29(22-11-17-26(18-12-22)39-21(2)3)33(32(36)31(28)35)24-9-8-10-27(20-24)37-4/h8-18,20-21,29,34H,5-7,19H2,1-4H3/b30-28+. The summed E-state index contributed by atoms with van der Waals surface area (Å²) in [6.45, 7) is 6.62. The number of anilines is 1. The zero-order valence-corrected chi connectivity index (χ0v) is 22.8. The Morgan fingerprint density at radius 3 is 2.26 bits per heavy atom. The van der Waals surface area contributed by atoms with E-state index in [0.717, 1.165) is 19.3 Å². The van der Waals surface area contributed by atoms with Crippen LogP contribution in [0, 0.1) is 0 Å². The molecule has 3 aromatic carbocycles. The molecule has 4 rings (SSSR count). The van der Waals surface area contributed by atoms with Gasteiger partial charge in [-0.15, -0.1) is 0 Å². The third-order valence-electron chi connectivity index (χ3n) is 6.49. The predicted octanol–water partition coefficient (Wildman–Crippen LogP) is 6.68. The fourth-order valence-corrected chi connectivity index (χ4v) is 4.58. The zero-order valence-electron chi connectivity index (χ0n) is 22.8. The number of hydrogen-bond donors (Lipinski definition) is 1. The summed E-state index contributed by atoms with van der Waals surface area (Å²) in [6.07, 6.45) is 3.17. The number of carbonyl (C=O) groups excluding carboxylic acids is 2. The minimum Gasteiger partial charge on any atom is -0.507 e. The van der Waals surface area contributed by atoms with Gasteiger partial charge in [0.15, 0.2) is 0 Å². The van der Waals surface area contributed by atoms with E-state index in [-0.39, 0.29) is 17.4 Å². The second kappa shape index (κ2) is 12.5. The molecule has 7 heteroatoms. The van der Waals surface area contributed by atoms with Gasteiger partial charge in [-0.05, 0) is 74.4 Å². The normalized spacial score (nSPS) is 16.5. The Morgan fingerprint density at radius 2 is 1.62 bits per heavy atom. The number of nitrogens with zero attached hydrogens (tertiary/aromatic N) is 1. The number of amides is 1. The summed E-state index contributed by atoms with van der Waals surface area (Å²) < 4.78 is 16.9. The van der Waals surface area contributed by atoms with Crippen LogP contribution in [-0.4, -0.2) is 36.6 Å². The molecule has 0 aliphatic carbocycles. The van der Waals surface area contributed by atoms with Crippen LogP contribution in [-0.2, 0) is 9.59 Å². The first-order valence-corrected chi connectivity index (χ1v) is 13.3. The van der Waals surface area contributed by atoms with Gasteiger partial charge in [-0.3, -0.25) is 14.5 Å². The van der Waals surface area contributed by atoms with E-state index in [2.05, 4.69) is 6.92 Å². The van der Waals surface area contributed by atoms with E-state index >= 15 is 0 Å². The van der Waals surface area contributed by atoms with Crippen molar-refractivity contribution < 1.29 is 28.9 Å². The molecule has 204 valence electrons. The molecule has 1 unspecified atom stereocenters. The number of benzene rings is 3. The van der Waals surface area contributed by atoms with Crippen LogP contribution >= 0.6 is 0 Å². The van der Waals surface area contributed by atoms with Crippen molar-refractivity contribution in [2.45, 2.75) is 52.2 Å². The average molecular weight is 530 g/mol. The van der Waals surface area contributed by atoms with E-state index in [1.807, 2.05) is 26.0 Å². The SMILES string of the molecule is CCCCCOc1ccc(/C(O)=C2\C(=O)C(=O)N(c3cccc(OC)c3)C2c2ccc(OC(C)C)cc2)cc1. The first-order chi connectivity index (χ1) is 18.8. The molecule has 0 radical (unpaired) electrons. The fourth-order valence-electron chi connectivity index (χ4n) is 4.58. The number of carbonyl (C=O) groups is 2. The van der Waals surface area contributed by atoms with E-state index in [0.29, 0.717) is 40.7 Å². The number of Topliss-reactive ketones (excluding diaryl/α,β-unsaturated/α-hetero) is 1. The maximum absolute atomic E-state index is 13.4. The first-order valence-electron chi connectivity index (χ1n) is 13.3. The third kappa shape index (κ3) is 6.25. The number of methoxy groups -OCH3 is 1. The summed E-state index contributed by atoms with van der Waals surface area (Å²) in [5.41, 5.74) is 1.57. The molecular weight excluding hydrogens is 494 g/mol. The molecule has 1 fully saturated rings. The lowest BCUT2D eigenvalue weighted by Crippen LogP contribution is -2.29. The van der Waals surface area contributed by atoms with Gasteiger partial charge >= 0.3 is 0 Å². The highest BCUT2D eigenvalue weighted by molar-refractivity contribution is 6.51. The van der Waals surface area contributed by atoms with E-state index in [1.165, 1.54) is 12.0 Å². The Balaban J connectivity index is 1.76. The van der Waals surface area contributed by atoms with Crippen molar-refractivity contribution in [2.24, 2.45) is 0 Å². The molecule has 1 aliphatic rings. The van der Waals surface area contributed by atoms with Gasteiger partial charge < -0.3 is 19.3 Å². The van der Waals surface area contributed by atoms with Crippen molar-refractivity contribution in [2.75, 3.05) is 18.6 Å². The molecule has 1 amide bonds. The second-order valence-corrected chi connectivity index (χ2v) is 9.69. The Bertz CT molecular complexity index is 1330. The molecule has 0 aromatic heterocycles. The van der Waals surface area contributed by atoms with Crippen molar-refractivity contribution >= 4 is 23.1 Å². The Labute approximate surface area is 229 Å². The molecule has 1 atom stereocenters.